The first-order valence-electron chi connectivity index (χ1n) is 8.29. The smallest absolute Gasteiger partial charge is 0.317 e. The molecule has 0 spiro atoms. The second-order valence-electron chi connectivity index (χ2n) is 6.66. The summed E-state index contributed by atoms with van der Waals surface area (Å²) in [7, 11) is 0. The van der Waals surface area contributed by atoms with Crippen molar-refractivity contribution in [1.29, 1.82) is 0 Å². The van der Waals surface area contributed by atoms with Gasteiger partial charge in [0.25, 0.3) is 0 Å². The molecule has 0 aromatic carbocycles. The molecule has 2 rings (SSSR count). The highest BCUT2D eigenvalue weighted by Crippen LogP contribution is 2.37. The Bertz CT molecular complexity index is 393. The molecule has 21 heavy (non-hydrogen) atoms. The van der Waals surface area contributed by atoms with Crippen molar-refractivity contribution in [2.45, 2.75) is 64.8 Å². The number of amides is 2. The Morgan fingerprint density at radius 1 is 1.24 bits per heavy atom. The van der Waals surface area contributed by atoms with Gasteiger partial charge in [0.05, 0.1) is 5.92 Å². The van der Waals surface area contributed by atoms with Crippen LogP contribution in [0.1, 0.15) is 58.8 Å². The predicted octanol–water partition coefficient (Wildman–Crippen LogP) is 2.85. The Morgan fingerprint density at radius 2 is 1.90 bits per heavy atom. The fraction of sp³-hybridized carbons (Fsp3) is 0.875. The average Bonchev–Trinajstić information content (AvgIpc) is 2.93. The molecule has 2 aliphatic rings. The van der Waals surface area contributed by atoms with Gasteiger partial charge in [-0.25, -0.2) is 4.79 Å². The molecule has 1 heterocycles. The first kappa shape index (κ1) is 16.1. The second kappa shape index (κ2) is 6.67. The second-order valence-corrected chi connectivity index (χ2v) is 6.66. The van der Waals surface area contributed by atoms with E-state index >= 15 is 0 Å². The summed E-state index contributed by atoms with van der Waals surface area (Å²) in [5.74, 6) is -1.20. The molecule has 2 amide bonds. The van der Waals surface area contributed by atoms with Crippen molar-refractivity contribution in [3.63, 3.8) is 0 Å². The number of nitrogens with one attached hydrogen (secondary N) is 1. The summed E-state index contributed by atoms with van der Waals surface area (Å²) in [5, 5.41) is 12.3. The van der Waals surface area contributed by atoms with Crippen molar-refractivity contribution < 1.29 is 14.7 Å². The van der Waals surface area contributed by atoms with E-state index in [2.05, 4.69) is 19.2 Å². The summed E-state index contributed by atoms with van der Waals surface area (Å²) < 4.78 is 0. The van der Waals surface area contributed by atoms with Crippen LogP contribution in [0.25, 0.3) is 0 Å². The molecule has 0 radical (unpaired) electrons. The molecule has 1 saturated heterocycles. The number of carboxylic acid groups (broad SMARTS) is 1. The molecule has 2 fully saturated rings. The monoisotopic (exact) mass is 296 g/mol. The van der Waals surface area contributed by atoms with E-state index in [-0.39, 0.29) is 17.5 Å². The van der Waals surface area contributed by atoms with Crippen LogP contribution in [-0.4, -0.2) is 41.1 Å². The van der Waals surface area contributed by atoms with E-state index in [1.807, 2.05) is 4.90 Å². The van der Waals surface area contributed by atoms with Gasteiger partial charge in [0, 0.05) is 19.1 Å². The summed E-state index contributed by atoms with van der Waals surface area (Å²) in [6.07, 6.45) is 6.64. The summed E-state index contributed by atoms with van der Waals surface area (Å²) in [6.45, 7) is 5.97. The maximum atomic E-state index is 12.4. The molecule has 5 heteroatoms. The van der Waals surface area contributed by atoms with E-state index in [1.165, 1.54) is 0 Å². The summed E-state index contributed by atoms with van der Waals surface area (Å²) in [5.41, 5.74) is 0.260. The minimum atomic E-state index is -0.780. The molecule has 2 atom stereocenters. The van der Waals surface area contributed by atoms with Crippen LogP contribution in [0.15, 0.2) is 0 Å². The molecule has 1 aliphatic heterocycles. The van der Waals surface area contributed by atoms with Gasteiger partial charge >= 0.3 is 12.0 Å². The highest BCUT2D eigenvalue weighted by atomic mass is 16.4. The highest BCUT2D eigenvalue weighted by molar-refractivity contribution is 5.77. The largest absolute Gasteiger partial charge is 0.481 e. The number of carbonyl (C=O) groups is 2. The van der Waals surface area contributed by atoms with Crippen molar-refractivity contribution in [3.05, 3.63) is 0 Å². The number of rotatable bonds is 4. The van der Waals surface area contributed by atoms with E-state index in [0.29, 0.717) is 6.42 Å². The van der Waals surface area contributed by atoms with E-state index in [9.17, 15) is 14.7 Å². The predicted molar refractivity (Wildman–Crippen MR) is 81.1 cm³/mol. The minimum absolute atomic E-state index is 0.0723. The first-order chi connectivity index (χ1) is 10.0. The summed E-state index contributed by atoms with van der Waals surface area (Å²) in [4.78, 5) is 25.6. The standard InChI is InChI=1S/C16H28N2O3/c1-3-16(4-2)9-10-18(11-16)15(21)17-13-8-6-5-7-12(13)14(19)20/h12-13H,3-11H2,1-2H3,(H,17,21)(H,19,20). The van der Waals surface area contributed by atoms with Gasteiger partial charge < -0.3 is 15.3 Å². The summed E-state index contributed by atoms with van der Waals surface area (Å²) >= 11 is 0. The lowest BCUT2D eigenvalue weighted by atomic mass is 9.82. The van der Waals surface area contributed by atoms with Crippen molar-refractivity contribution in [1.82, 2.24) is 10.2 Å². The molecule has 2 N–H and O–H groups in total. The Balaban J connectivity index is 1.93. The number of urea groups is 1. The number of carbonyl (C=O) groups excluding carboxylic acids is 1. The number of hydrogen-bond acceptors (Lipinski definition) is 2. The summed E-state index contributed by atoms with van der Waals surface area (Å²) in [6, 6.07) is -0.279. The van der Waals surface area contributed by atoms with Gasteiger partial charge in [-0.05, 0) is 37.5 Å². The fourth-order valence-corrected chi connectivity index (χ4v) is 3.78. The fourth-order valence-electron chi connectivity index (χ4n) is 3.78. The van der Waals surface area contributed by atoms with Crippen molar-refractivity contribution in [2.24, 2.45) is 11.3 Å². The lowest BCUT2D eigenvalue weighted by Gasteiger charge is -2.32. The lowest BCUT2D eigenvalue weighted by Crippen LogP contribution is -2.50. The van der Waals surface area contributed by atoms with Crippen LogP contribution in [-0.2, 0) is 4.79 Å². The molecule has 0 bridgehead atoms. The van der Waals surface area contributed by atoms with Crippen LogP contribution < -0.4 is 5.32 Å². The molecule has 1 saturated carbocycles. The topological polar surface area (TPSA) is 69.6 Å². The normalized spacial score (nSPS) is 28.4. The van der Waals surface area contributed by atoms with Gasteiger partial charge in [-0.1, -0.05) is 26.7 Å². The van der Waals surface area contributed by atoms with Crippen LogP contribution >= 0.6 is 0 Å². The number of nitrogens with zero attached hydrogens (tertiary/aromatic N) is 1. The van der Waals surface area contributed by atoms with Crippen molar-refractivity contribution >= 4 is 12.0 Å². The van der Waals surface area contributed by atoms with Crippen LogP contribution in [0.5, 0.6) is 0 Å². The molecule has 2 unspecified atom stereocenters. The molecular formula is C16H28N2O3. The third-order valence-electron chi connectivity index (χ3n) is 5.62. The van der Waals surface area contributed by atoms with Gasteiger partial charge in [-0.3, -0.25) is 4.79 Å². The Morgan fingerprint density at radius 3 is 2.48 bits per heavy atom. The maximum absolute atomic E-state index is 12.4. The van der Waals surface area contributed by atoms with E-state index < -0.39 is 11.9 Å². The number of aliphatic carboxylic acids is 1. The van der Waals surface area contributed by atoms with Crippen LogP contribution in [0.4, 0.5) is 4.79 Å². The van der Waals surface area contributed by atoms with E-state index in [4.69, 9.17) is 0 Å². The van der Waals surface area contributed by atoms with E-state index in [0.717, 1.165) is 51.6 Å². The molecule has 5 nitrogen and oxygen atoms in total. The van der Waals surface area contributed by atoms with Gasteiger partial charge in [-0.2, -0.15) is 0 Å². The SMILES string of the molecule is CCC1(CC)CCN(C(=O)NC2CCCCC2C(=O)O)C1. The molecule has 0 aromatic heterocycles. The number of hydrogen-bond donors (Lipinski definition) is 2. The van der Waals surface area contributed by atoms with Gasteiger partial charge in [0.15, 0.2) is 0 Å². The van der Waals surface area contributed by atoms with Crippen molar-refractivity contribution in [3.8, 4) is 0 Å². The Hall–Kier alpha value is -1.26. The van der Waals surface area contributed by atoms with Gasteiger partial charge in [0.1, 0.15) is 0 Å². The van der Waals surface area contributed by atoms with Crippen LogP contribution in [0.3, 0.4) is 0 Å². The van der Waals surface area contributed by atoms with Crippen molar-refractivity contribution in [2.75, 3.05) is 13.1 Å². The minimum Gasteiger partial charge on any atom is -0.481 e. The maximum Gasteiger partial charge on any atom is 0.317 e. The Labute approximate surface area is 127 Å². The number of carboxylic acids is 1. The third-order valence-corrected chi connectivity index (χ3v) is 5.62. The quantitative estimate of drug-likeness (QED) is 0.838. The highest BCUT2D eigenvalue weighted by Gasteiger charge is 2.39. The molecule has 120 valence electrons. The third kappa shape index (κ3) is 3.50. The first-order valence-corrected chi connectivity index (χ1v) is 8.29. The zero-order chi connectivity index (χ0) is 15.5. The Kier molecular flexibility index (Phi) is 5.12. The lowest BCUT2D eigenvalue weighted by molar-refractivity contribution is -0.143. The number of likely N-dealkylation sites (tertiary alicyclic amines) is 1. The van der Waals surface area contributed by atoms with Crippen LogP contribution in [0.2, 0.25) is 0 Å². The average molecular weight is 296 g/mol. The van der Waals surface area contributed by atoms with E-state index in [1.54, 1.807) is 0 Å². The zero-order valence-corrected chi connectivity index (χ0v) is 13.2. The van der Waals surface area contributed by atoms with Gasteiger partial charge in [0.2, 0.25) is 0 Å². The zero-order valence-electron chi connectivity index (χ0n) is 13.2. The molecular weight excluding hydrogens is 268 g/mol. The molecule has 0 aromatic rings. The van der Waals surface area contributed by atoms with Crippen LogP contribution in [0, 0.1) is 11.3 Å². The molecule has 1 aliphatic carbocycles. The van der Waals surface area contributed by atoms with Gasteiger partial charge in [-0.15, -0.1) is 0 Å².